The first-order chi connectivity index (χ1) is 8.24. The molecular formula is C13H18N2OS. The Hall–Kier alpha value is -1.13. The fourth-order valence-corrected chi connectivity index (χ4v) is 2.65. The van der Waals surface area contributed by atoms with Gasteiger partial charge in [0.2, 0.25) is 0 Å². The molecule has 1 unspecified atom stereocenters. The Morgan fingerprint density at radius 3 is 2.94 bits per heavy atom. The molecule has 0 saturated carbocycles. The van der Waals surface area contributed by atoms with Gasteiger partial charge in [0.1, 0.15) is 5.76 Å². The van der Waals surface area contributed by atoms with Crippen molar-refractivity contribution in [1.29, 1.82) is 0 Å². The van der Waals surface area contributed by atoms with Gasteiger partial charge in [-0.2, -0.15) is 0 Å². The Morgan fingerprint density at radius 2 is 2.35 bits per heavy atom. The third kappa shape index (κ3) is 2.76. The van der Waals surface area contributed by atoms with Crippen molar-refractivity contribution in [3.05, 3.63) is 39.7 Å². The summed E-state index contributed by atoms with van der Waals surface area (Å²) in [7, 11) is 1.98. The molecule has 2 aromatic heterocycles. The Bertz CT molecular complexity index is 475. The van der Waals surface area contributed by atoms with Crippen LogP contribution in [0.15, 0.2) is 22.1 Å². The maximum atomic E-state index is 5.48. The molecular weight excluding hydrogens is 232 g/mol. The molecule has 1 atom stereocenters. The average Bonchev–Trinajstić information content (AvgIpc) is 2.94. The molecule has 0 saturated heterocycles. The number of hydrogen-bond donors (Lipinski definition) is 1. The molecule has 0 aromatic carbocycles. The van der Waals surface area contributed by atoms with Gasteiger partial charge < -0.3 is 9.73 Å². The molecule has 0 amide bonds. The second-order valence-electron chi connectivity index (χ2n) is 4.06. The highest BCUT2D eigenvalue weighted by Crippen LogP contribution is 2.23. The summed E-state index contributed by atoms with van der Waals surface area (Å²) >= 11 is 1.70. The largest absolute Gasteiger partial charge is 0.469 e. The molecule has 0 bridgehead atoms. The van der Waals surface area contributed by atoms with Gasteiger partial charge in [0, 0.05) is 29.8 Å². The quantitative estimate of drug-likeness (QED) is 0.886. The fourth-order valence-electron chi connectivity index (χ4n) is 2.03. The van der Waals surface area contributed by atoms with Crippen LogP contribution in [0.1, 0.15) is 35.0 Å². The number of likely N-dealkylation sites (N-methyl/N-ethyl adjacent to an activating group) is 1. The third-order valence-corrected chi connectivity index (χ3v) is 3.73. The molecule has 92 valence electrons. The van der Waals surface area contributed by atoms with E-state index in [0.29, 0.717) is 0 Å². The Labute approximate surface area is 106 Å². The number of nitrogens with one attached hydrogen (secondary N) is 1. The molecule has 0 aliphatic rings. The SMILES string of the molecule is CCc1occc1C(Cc1csc(C)n1)NC. The molecule has 4 heteroatoms. The normalized spacial score (nSPS) is 12.9. The number of aromatic nitrogens is 1. The van der Waals surface area contributed by atoms with Crippen LogP contribution in [0, 0.1) is 6.92 Å². The minimum Gasteiger partial charge on any atom is -0.469 e. The Balaban J connectivity index is 2.16. The van der Waals surface area contributed by atoms with E-state index in [-0.39, 0.29) is 6.04 Å². The molecule has 17 heavy (non-hydrogen) atoms. The maximum Gasteiger partial charge on any atom is 0.108 e. The van der Waals surface area contributed by atoms with Crippen LogP contribution in [-0.4, -0.2) is 12.0 Å². The van der Waals surface area contributed by atoms with E-state index in [1.807, 2.05) is 14.0 Å². The number of thiazole rings is 1. The highest BCUT2D eigenvalue weighted by atomic mass is 32.1. The highest BCUT2D eigenvalue weighted by molar-refractivity contribution is 7.09. The lowest BCUT2D eigenvalue weighted by atomic mass is 10.0. The van der Waals surface area contributed by atoms with Crippen LogP contribution in [0.5, 0.6) is 0 Å². The van der Waals surface area contributed by atoms with Crippen molar-refractivity contribution in [3.8, 4) is 0 Å². The van der Waals surface area contributed by atoms with Crippen LogP contribution in [-0.2, 0) is 12.8 Å². The molecule has 0 fully saturated rings. The number of rotatable bonds is 5. The lowest BCUT2D eigenvalue weighted by Gasteiger charge is -2.14. The lowest BCUT2D eigenvalue weighted by molar-refractivity contribution is 0.494. The van der Waals surface area contributed by atoms with E-state index in [1.54, 1.807) is 17.6 Å². The van der Waals surface area contributed by atoms with Crippen LogP contribution in [0.25, 0.3) is 0 Å². The molecule has 0 radical (unpaired) electrons. The number of aryl methyl sites for hydroxylation is 2. The standard InChI is InChI=1S/C13H18N2OS/c1-4-13-11(5-6-16-13)12(14-3)7-10-8-17-9(2)15-10/h5-6,8,12,14H,4,7H2,1-3H3. The van der Waals surface area contributed by atoms with Gasteiger partial charge in [-0.3, -0.25) is 0 Å². The average molecular weight is 250 g/mol. The van der Waals surface area contributed by atoms with E-state index < -0.39 is 0 Å². The number of hydrogen-bond acceptors (Lipinski definition) is 4. The van der Waals surface area contributed by atoms with Gasteiger partial charge in [0.05, 0.1) is 17.0 Å². The van der Waals surface area contributed by atoms with Gasteiger partial charge in [-0.15, -0.1) is 11.3 Å². The molecule has 0 aliphatic carbocycles. The first-order valence-corrected chi connectivity index (χ1v) is 6.77. The Kier molecular flexibility index (Phi) is 3.97. The minimum absolute atomic E-state index is 0.283. The number of furan rings is 1. The van der Waals surface area contributed by atoms with Crippen molar-refractivity contribution in [3.63, 3.8) is 0 Å². The summed E-state index contributed by atoms with van der Waals surface area (Å²) in [6.45, 7) is 4.15. The van der Waals surface area contributed by atoms with Crippen molar-refractivity contribution in [2.24, 2.45) is 0 Å². The molecule has 0 aliphatic heterocycles. The van der Waals surface area contributed by atoms with Gasteiger partial charge in [-0.1, -0.05) is 6.92 Å². The second kappa shape index (κ2) is 5.47. The molecule has 2 rings (SSSR count). The first-order valence-electron chi connectivity index (χ1n) is 5.89. The highest BCUT2D eigenvalue weighted by Gasteiger charge is 2.16. The predicted octanol–water partition coefficient (Wildman–Crippen LogP) is 3.11. The van der Waals surface area contributed by atoms with E-state index >= 15 is 0 Å². The van der Waals surface area contributed by atoms with E-state index in [9.17, 15) is 0 Å². The third-order valence-electron chi connectivity index (χ3n) is 2.90. The minimum atomic E-state index is 0.283. The van der Waals surface area contributed by atoms with Crippen LogP contribution in [0.3, 0.4) is 0 Å². The summed E-state index contributed by atoms with van der Waals surface area (Å²) < 4.78 is 5.48. The molecule has 0 spiro atoms. The predicted molar refractivity (Wildman–Crippen MR) is 70.4 cm³/mol. The van der Waals surface area contributed by atoms with Gasteiger partial charge in [0.25, 0.3) is 0 Å². The van der Waals surface area contributed by atoms with Gasteiger partial charge in [-0.05, 0) is 20.0 Å². The van der Waals surface area contributed by atoms with Crippen molar-refractivity contribution in [2.45, 2.75) is 32.7 Å². The van der Waals surface area contributed by atoms with Gasteiger partial charge in [0.15, 0.2) is 0 Å². The summed E-state index contributed by atoms with van der Waals surface area (Å²) in [5.74, 6) is 1.07. The van der Waals surface area contributed by atoms with Crippen molar-refractivity contribution >= 4 is 11.3 Å². The van der Waals surface area contributed by atoms with Gasteiger partial charge >= 0.3 is 0 Å². The zero-order valence-electron chi connectivity index (χ0n) is 10.5. The van der Waals surface area contributed by atoms with E-state index in [1.165, 1.54) is 5.56 Å². The van der Waals surface area contributed by atoms with E-state index in [2.05, 4.69) is 28.7 Å². The van der Waals surface area contributed by atoms with Crippen molar-refractivity contribution in [2.75, 3.05) is 7.05 Å². The summed E-state index contributed by atoms with van der Waals surface area (Å²) in [5.41, 5.74) is 2.40. The summed E-state index contributed by atoms with van der Waals surface area (Å²) in [6.07, 6.45) is 3.61. The van der Waals surface area contributed by atoms with Crippen molar-refractivity contribution in [1.82, 2.24) is 10.3 Å². The molecule has 2 aromatic rings. The molecule has 2 heterocycles. The maximum absolute atomic E-state index is 5.48. The van der Waals surface area contributed by atoms with Gasteiger partial charge in [-0.25, -0.2) is 4.98 Å². The zero-order valence-corrected chi connectivity index (χ0v) is 11.3. The zero-order chi connectivity index (χ0) is 12.3. The topological polar surface area (TPSA) is 38.1 Å². The Morgan fingerprint density at radius 1 is 1.53 bits per heavy atom. The summed E-state index contributed by atoms with van der Waals surface area (Å²) in [5, 5.41) is 6.59. The van der Waals surface area contributed by atoms with Crippen LogP contribution in [0.2, 0.25) is 0 Å². The molecule has 1 N–H and O–H groups in total. The fraction of sp³-hybridized carbons (Fsp3) is 0.462. The smallest absolute Gasteiger partial charge is 0.108 e. The van der Waals surface area contributed by atoms with Crippen LogP contribution >= 0.6 is 11.3 Å². The van der Waals surface area contributed by atoms with Crippen LogP contribution < -0.4 is 5.32 Å². The van der Waals surface area contributed by atoms with Crippen molar-refractivity contribution < 1.29 is 4.42 Å². The summed E-state index contributed by atoms with van der Waals surface area (Å²) in [6, 6.07) is 2.34. The van der Waals surface area contributed by atoms with Crippen LogP contribution in [0.4, 0.5) is 0 Å². The van der Waals surface area contributed by atoms with E-state index in [4.69, 9.17) is 4.42 Å². The monoisotopic (exact) mass is 250 g/mol. The molecule has 3 nitrogen and oxygen atoms in total. The first kappa shape index (κ1) is 12.3. The lowest BCUT2D eigenvalue weighted by Crippen LogP contribution is -2.19. The second-order valence-corrected chi connectivity index (χ2v) is 5.12. The van der Waals surface area contributed by atoms with E-state index in [0.717, 1.165) is 29.3 Å². The number of nitrogens with zero attached hydrogens (tertiary/aromatic N) is 1. The summed E-state index contributed by atoms with van der Waals surface area (Å²) in [4.78, 5) is 4.51.